The molecule has 0 bridgehead atoms. The Morgan fingerprint density at radius 1 is 1.06 bits per heavy atom. The van der Waals surface area contributed by atoms with Crippen molar-refractivity contribution in [3.63, 3.8) is 0 Å². The molecular weight excluding hydrogens is 438 g/mol. The number of hydrogen-bond acceptors (Lipinski definition) is 6. The first-order valence-corrected chi connectivity index (χ1v) is 11.0. The van der Waals surface area contributed by atoms with Gasteiger partial charge >= 0.3 is 0 Å². The standard InChI is InChI=1S/C25H19N3O4S/c1-31-21-9-5-3-7-19(21)26-23(29)15-32-17-12-10-16(11-13-17)14-22-24(30)28-20-8-4-2-6-18(20)27-25(28)33-22/h2-14H,15H2,1H3,(H,26,29)/b22-14-. The van der Waals surface area contributed by atoms with Crippen LogP contribution in [0.1, 0.15) is 5.56 Å². The average molecular weight is 458 g/mol. The largest absolute Gasteiger partial charge is 0.495 e. The molecule has 5 rings (SSSR count). The topological polar surface area (TPSA) is 81.9 Å². The van der Waals surface area contributed by atoms with Crippen LogP contribution in [-0.4, -0.2) is 29.0 Å². The number of methoxy groups -OCH3 is 1. The number of nitrogens with one attached hydrogen (secondary N) is 1. The molecule has 7 nitrogen and oxygen atoms in total. The fraction of sp³-hybridized carbons (Fsp3) is 0.0800. The van der Waals surface area contributed by atoms with Gasteiger partial charge in [0, 0.05) is 0 Å². The second-order valence-corrected chi connectivity index (χ2v) is 8.25. The van der Waals surface area contributed by atoms with Gasteiger partial charge in [-0.15, -0.1) is 0 Å². The highest BCUT2D eigenvalue weighted by atomic mass is 32.1. The van der Waals surface area contributed by atoms with Crippen molar-refractivity contribution in [2.45, 2.75) is 0 Å². The highest BCUT2D eigenvalue weighted by Gasteiger charge is 2.11. The van der Waals surface area contributed by atoms with Crippen LogP contribution in [0.15, 0.2) is 77.6 Å². The molecule has 1 N–H and O–H groups in total. The first kappa shape index (κ1) is 20.7. The number of thiazole rings is 1. The smallest absolute Gasteiger partial charge is 0.274 e. The number of benzene rings is 3. The normalized spacial score (nSPS) is 11.7. The van der Waals surface area contributed by atoms with E-state index in [-0.39, 0.29) is 18.1 Å². The number of anilines is 1. The Balaban J connectivity index is 1.29. The van der Waals surface area contributed by atoms with Gasteiger partial charge in [0.1, 0.15) is 11.5 Å². The number of amides is 1. The van der Waals surface area contributed by atoms with Gasteiger partial charge in [-0.3, -0.25) is 9.59 Å². The molecule has 0 radical (unpaired) electrons. The van der Waals surface area contributed by atoms with E-state index < -0.39 is 0 Å². The molecule has 0 saturated heterocycles. The van der Waals surface area contributed by atoms with E-state index in [9.17, 15) is 9.59 Å². The molecule has 0 atom stereocenters. The third kappa shape index (κ3) is 4.16. The summed E-state index contributed by atoms with van der Waals surface area (Å²) < 4.78 is 13.1. The maximum absolute atomic E-state index is 12.9. The lowest BCUT2D eigenvalue weighted by molar-refractivity contribution is -0.118. The van der Waals surface area contributed by atoms with Gasteiger partial charge in [-0.05, 0) is 48.0 Å². The quantitative estimate of drug-likeness (QED) is 0.422. The number of hydrogen-bond donors (Lipinski definition) is 1. The summed E-state index contributed by atoms with van der Waals surface area (Å²) in [5, 5.41) is 2.77. The Kier molecular flexibility index (Phi) is 5.50. The maximum atomic E-state index is 12.9. The van der Waals surface area contributed by atoms with Crippen LogP contribution >= 0.6 is 11.3 Å². The minimum Gasteiger partial charge on any atom is -0.495 e. The molecule has 0 aliphatic rings. The molecule has 0 aliphatic carbocycles. The first-order valence-electron chi connectivity index (χ1n) is 10.2. The van der Waals surface area contributed by atoms with Gasteiger partial charge in [-0.25, -0.2) is 9.38 Å². The lowest BCUT2D eigenvalue weighted by Crippen LogP contribution is -2.22. The number of nitrogens with zero attached hydrogens (tertiary/aromatic N) is 2. The Bertz CT molecular complexity index is 1570. The highest BCUT2D eigenvalue weighted by Crippen LogP contribution is 2.23. The predicted molar refractivity (Wildman–Crippen MR) is 129 cm³/mol. The van der Waals surface area contributed by atoms with Crippen molar-refractivity contribution < 1.29 is 14.3 Å². The van der Waals surface area contributed by atoms with Gasteiger partial charge in [0.25, 0.3) is 11.5 Å². The number of para-hydroxylation sites is 4. The van der Waals surface area contributed by atoms with Crippen LogP contribution in [-0.2, 0) is 4.79 Å². The summed E-state index contributed by atoms with van der Waals surface area (Å²) >= 11 is 1.36. The molecule has 164 valence electrons. The van der Waals surface area contributed by atoms with Gasteiger partial charge in [0.05, 0.1) is 28.4 Å². The fourth-order valence-electron chi connectivity index (χ4n) is 3.51. The highest BCUT2D eigenvalue weighted by molar-refractivity contribution is 7.15. The summed E-state index contributed by atoms with van der Waals surface area (Å²) in [4.78, 5) is 30.3. The summed E-state index contributed by atoms with van der Waals surface area (Å²) in [6, 6.07) is 22.0. The number of carbonyl (C=O) groups is 1. The molecule has 0 saturated carbocycles. The molecule has 3 aromatic carbocycles. The van der Waals surface area contributed by atoms with Crippen molar-refractivity contribution >= 4 is 45.0 Å². The van der Waals surface area contributed by atoms with Crippen LogP contribution < -0.4 is 24.9 Å². The van der Waals surface area contributed by atoms with E-state index in [1.54, 1.807) is 35.8 Å². The van der Waals surface area contributed by atoms with E-state index >= 15 is 0 Å². The monoisotopic (exact) mass is 457 g/mol. The number of fused-ring (bicyclic) bond motifs is 3. The Morgan fingerprint density at radius 2 is 1.82 bits per heavy atom. The number of aromatic nitrogens is 2. The average Bonchev–Trinajstić information content (AvgIpc) is 3.35. The predicted octanol–water partition coefficient (Wildman–Crippen LogP) is 3.48. The van der Waals surface area contributed by atoms with Gasteiger partial charge in [0.15, 0.2) is 11.6 Å². The number of imidazole rings is 1. The van der Waals surface area contributed by atoms with Crippen LogP contribution in [0.25, 0.3) is 22.1 Å². The van der Waals surface area contributed by atoms with Gasteiger partial charge in [-0.1, -0.05) is 47.7 Å². The van der Waals surface area contributed by atoms with Crippen LogP contribution in [0, 0.1) is 0 Å². The summed E-state index contributed by atoms with van der Waals surface area (Å²) in [6.07, 6.45) is 1.83. The molecule has 0 unspecified atom stereocenters. The molecule has 2 heterocycles. The summed E-state index contributed by atoms with van der Waals surface area (Å²) in [5.74, 6) is 0.842. The van der Waals surface area contributed by atoms with E-state index in [0.717, 1.165) is 16.6 Å². The minimum atomic E-state index is -0.291. The summed E-state index contributed by atoms with van der Waals surface area (Å²) in [6.45, 7) is -0.138. The number of rotatable bonds is 6. The van der Waals surface area contributed by atoms with Crippen molar-refractivity contribution in [3.05, 3.63) is 93.2 Å². The molecular formula is C25H19N3O4S. The molecule has 0 aliphatic heterocycles. The van der Waals surface area contributed by atoms with Crippen LogP contribution in [0.4, 0.5) is 5.69 Å². The van der Waals surface area contributed by atoms with E-state index in [1.807, 2.05) is 54.6 Å². The molecule has 33 heavy (non-hydrogen) atoms. The van der Waals surface area contributed by atoms with Crippen LogP contribution in [0.3, 0.4) is 0 Å². The second kappa shape index (κ2) is 8.76. The van der Waals surface area contributed by atoms with E-state index in [0.29, 0.717) is 26.7 Å². The van der Waals surface area contributed by atoms with E-state index in [2.05, 4.69) is 10.3 Å². The molecule has 2 aromatic heterocycles. The zero-order valence-corrected chi connectivity index (χ0v) is 18.5. The maximum Gasteiger partial charge on any atom is 0.274 e. The lowest BCUT2D eigenvalue weighted by Gasteiger charge is -2.10. The zero-order valence-electron chi connectivity index (χ0n) is 17.6. The Hall–Kier alpha value is -4.17. The summed E-state index contributed by atoms with van der Waals surface area (Å²) in [7, 11) is 1.55. The van der Waals surface area contributed by atoms with E-state index in [1.165, 1.54) is 11.3 Å². The van der Waals surface area contributed by atoms with E-state index in [4.69, 9.17) is 9.47 Å². The lowest BCUT2D eigenvalue weighted by atomic mass is 10.2. The molecule has 0 spiro atoms. The van der Waals surface area contributed by atoms with Crippen molar-refractivity contribution in [2.24, 2.45) is 0 Å². The Labute approximate surface area is 192 Å². The SMILES string of the molecule is COc1ccccc1NC(=O)COc1ccc(/C=c2\sc3nc4ccccc4n3c2=O)cc1. The third-order valence-corrected chi connectivity index (χ3v) is 6.04. The first-order chi connectivity index (χ1) is 16.1. The zero-order chi connectivity index (χ0) is 22.8. The summed E-state index contributed by atoms with van der Waals surface area (Å²) in [5.41, 5.74) is 2.97. The van der Waals surface area contributed by atoms with Crippen molar-refractivity contribution in [1.29, 1.82) is 0 Å². The Morgan fingerprint density at radius 3 is 2.64 bits per heavy atom. The van der Waals surface area contributed by atoms with Crippen molar-refractivity contribution in [1.82, 2.24) is 9.38 Å². The van der Waals surface area contributed by atoms with Crippen LogP contribution in [0.5, 0.6) is 11.5 Å². The van der Waals surface area contributed by atoms with Gasteiger partial charge in [-0.2, -0.15) is 0 Å². The second-order valence-electron chi connectivity index (χ2n) is 7.24. The molecule has 8 heteroatoms. The van der Waals surface area contributed by atoms with Gasteiger partial charge < -0.3 is 14.8 Å². The molecule has 1 amide bonds. The number of carbonyl (C=O) groups excluding carboxylic acids is 1. The molecule has 5 aromatic rings. The third-order valence-electron chi connectivity index (χ3n) is 5.07. The fourth-order valence-corrected chi connectivity index (χ4v) is 4.49. The van der Waals surface area contributed by atoms with Crippen molar-refractivity contribution in [2.75, 3.05) is 19.0 Å². The minimum absolute atomic E-state index is 0.0861. The molecule has 0 fully saturated rings. The van der Waals surface area contributed by atoms with Crippen LogP contribution in [0.2, 0.25) is 0 Å². The van der Waals surface area contributed by atoms with Gasteiger partial charge in [0.2, 0.25) is 0 Å². The number of ether oxygens (including phenoxy) is 2. The van der Waals surface area contributed by atoms with Crippen molar-refractivity contribution in [3.8, 4) is 11.5 Å².